The molecular weight excluding hydrogens is 546 g/mol. The Balaban J connectivity index is 1.19. The Bertz CT molecular complexity index is 1960. The molecule has 0 aliphatic carbocycles. The van der Waals surface area contributed by atoms with Crippen LogP contribution in [0.25, 0.3) is 27.6 Å². The maximum absolute atomic E-state index is 13.6. The van der Waals surface area contributed by atoms with Crippen LogP contribution in [0, 0.1) is 0 Å². The molecule has 3 aliphatic heterocycles. The van der Waals surface area contributed by atoms with Crippen molar-refractivity contribution in [3.63, 3.8) is 0 Å². The standard InChI is InChI=1S/C32H31N7O4/c40-29-20-43-28-8-6-24-18-27(28)37(29)12-3-1-2-4-13-38-31(41)25-19-33-32(35-30(25)39(24)38)34-22-5-7-26-21(17-22)9-14-36(26)23-10-15-42-16-11-23/h2,4-9,14,17-19,23H,1,3,10-13,15-16,20H2,(H,33,34,35)/b4-2-. The van der Waals surface area contributed by atoms with Crippen LogP contribution in [-0.2, 0) is 16.1 Å². The topological polar surface area (TPSA) is 108 Å². The molecule has 3 aromatic heterocycles. The van der Waals surface area contributed by atoms with Gasteiger partial charge in [0.25, 0.3) is 11.5 Å². The molecule has 1 saturated heterocycles. The Labute approximate surface area is 246 Å². The van der Waals surface area contributed by atoms with E-state index in [0.717, 1.165) is 50.0 Å². The number of rotatable bonds is 3. The predicted octanol–water partition coefficient (Wildman–Crippen LogP) is 4.71. The highest BCUT2D eigenvalue weighted by molar-refractivity contribution is 5.98. The fraction of sp³-hybridized carbons (Fsp3) is 0.312. The second kappa shape index (κ2) is 10.4. The zero-order valence-corrected chi connectivity index (χ0v) is 23.6. The highest BCUT2D eigenvalue weighted by atomic mass is 16.5. The number of nitrogens with zero attached hydrogens (tertiary/aromatic N) is 6. The molecule has 0 saturated carbocycles. The summed E-state index contributed by atoms with van der Waals surface area (Å²) < 4.78 is 17.1. The van der Waals surface area contributed by atoms with E-state index in [0.29, 0.717) is 53.2 Å². The van der Waals surface area contributed by atoms with Gasteiger partial charge in [0.15, 0.2) is 12.3 Å². The van der Waals surface area contributed by atoms with Crippen LogP contribution in [0.15, 0.2) is 71.8 Å². The largest absolute Gasteiger partial charge is 0.482 e. The van der Waals surface area contributed by atoms with Gasteiger partial charge in [0.05, 0.1) is 17.9 Å². The maximum Gasteiger partial charge on any atom is 0.278 e. The quantitative estimate of drug-likeness (QED) is 0.310. The van der Waals surface area contributed by atoms with Gasteiger partial charge in [-0.1, -0.05) is 12.2 Å². The van der Waals surface area contributed by atoms with Gasteiger partial charge in [-0.3, -0.25) is 9.59 Å². The molecule has 5 aromatic rings. The average Bonchev–Trinajstić information content (AvgIpc) is 3.57. The molecular formula is C32H31N7O4. The lowest BCUT2D eigenvalue weighted by Gasteiger charge is -2.30. The Morgan fingerprint density at radius 3 is 2.81 bits per heavy atom. The number of amides is 1. The second-order valence-electron chi connectivity index (χ2n) is 11.2. The number of ether oxygens (including phenoxy) is 2. The first-order valence-electron chi connectivity index (χ1n) is 14.8. The minimum atomic E-state index is -0.180. The zero-order valence-electron chi connectivity index (χ0n) is 23.6. The number of aromatic nitrogens is 5. The Morgan fingerprint density at radius 2 is 1.91 bits per heavy atom. The van der Waals surface area contributed by atoms with Crippen molar-refractivity contribution in [2.45, 2.75) is 38.3 Å². The lowest BCUT2D eigenvalue weighted by molar-refractivity contribution is -0.121. The van der Waals surface area contributed by atoms with Gasteiger partial charge in [-0.15, -0.1) is 0 Å². The van der Waals surface area contributed by atoms with E-state index in [2.05, 4.69) is 45.3 Å². The summed E-state index contributed by atoms with van der Waals surface area (Å²) in [5, 5.41) is 4.89. The molecule has 0 radical (unpaired) electrons. The molecule has 0 unspecified atom stereocenters. The van der Waals surface area contributed by atoms with E-state index in [1.54, 1.807) is 15.8 Å². The lowest BCUT2D eigenvalue weighted by atomic mass is 10.1. The van der Waals surface area contributed by atoms with Crippen molar-refractivity contribution < 1.29 is 14.3 Å². The molecule has 6 heterocycles. The molecule has 0 atom stereocenters. The molecule has 8 rings (SSSR count). The summed E-state index contributed by atoms with van der Waals surface area (Å²) in [6.07, 6.45) is 11.4. The van der Waals surface area contributed by atoms with E-state index in [9.17, 15) is 9.59 Å². The summed E-state index contributed by atoms with van der Waals surface area (Å²) in [7, 11) is 0. The molecule has 43 heavy (non-hydrogen) atoms. The Kier molecular flexibility index (Phi) is 6.25. The summed E-state index contributed by atoms with van der Waals surface area (Å²) in [5.41, 5.74) is 3.76. The van der Waals surface area contributed by atoms with Gasteiger partial charge in [0, 0.05) is 54.8 Å². The van der Waals surface area contributed by atoms with E-state index < -0.39 is 0 Å². The molecule has 1 fully saturated rings. The third-order valence-electron chi connectivity index (χ3n) is 8.56. The van der Waals surface area contributed by atoms with Gasteiger partial charge >= 0.3 is 0 Å². The van der Waals surface area contributed by atoms with E-state index in [-0.39, 0.29) is 18.1 Å². The number of nitrogens with one attached hydrogen (secondary N) is 1. The number of hydrogen-bond donors (Lipinski definition) is 1. The van der Waals surface area contributed by atoms with Gasteiger partial charge in [-0.25, -0.2) is 14.3 Å². The van der Waals surface area contributed by atoms with Crippen molar-refractivity contribution in [2.24, 2.45) is 0 Å². The smallest absolute Gasteiger partial charge is 0.278 e. The highest BCUT2D eigenvalue weighted by Gasteiger charge is 2.27. The Morgan fingerprint density at radius 1 is 1.00 bits per heavy atom. The first-order valence-corrected chi connectivity index (χ1v) is 14.8. The van der Waals surface area contributed by atoms with Crippen molar-refractivity contribution >= 4 is 45.2 Å². The molecule has 11 nitrogen and oxygen atoms in total. The van der Waals surface area contributed by atoms with Crippen LogP contribution in [-0.4, -0.2) is 56.2 Å². The Hall–Kier alpha value is -4.90. The zero-order chi connectivity index (χ0) is 28.9. The number of carbonyl (C=O) groups excluding carboxylic acids is 1. The fourth-order valence-corrected chi connectivity index (χ4v) is 6.40. The van der Waals surface area contributed by atoms with E-state index in [1.165, 1.54) is 5.52 Å². The number of allylic oxidation sites excluding steroid dienone is 2. The van der Waals surface area contributed by atoms with Crippen molar-refractivity contribution in [1.29, 1.82) is 0 Å². The third kappa shape index (κ3) is 4.47. The van der Waals surface area contributed by atoms with Crippen LogP contribution in [0.4, 0.5) is 17.3 Å². The minimum absolute atomic E-state index is 0.0215. The van der Waals surface area contributed by atoms with E-state index in [1.807, 2.05) is 35.0 Å². The highest BCUT2D eigenvalue weighted by Crippen LogP contribution is 2.35. The summed E-state index contributed by atoms with van der Waals surface area (Å²) in [6.45, 7) is 2.59. The van der Waals surface area contributed by atoms with Crippen molar-refractivity contribution in [3.8, 4) is 11.4 Å². The van der Waals surface area contributed by atoms with Gasteiger partial charge in [-0.05, 0) is 68.1 Å². The first kappa shape index (κ1) is 25.8. The summed E-state index contributed by atoms with van der Waals surface area (Å²) in [5.74, 6) is 0.963. The first-order chi connectivity index (χ1) is 21.1. The fourth-order valence-electron chi connectivity index (χ4n) is 6.40. The molecule has 3 aliphatic rings. The molecule has 2 aromatic carbocycles. The van der Waals surface area contributed by atoms with Crippen LogP contribution in [0.3, 0.4) is 0 Å². The van der Waals surface area contributed by atoms with Crippen LogP contribution in [0.1, 0.15) is 31.7 Å². The van der Waals surface area contributed by atoms with Gasteiger partial charge < -0.3 is 24.3 Å². The maximum atomic E-state index is 13.6. The molecule has 218 valence electrons. The van der Waals surface area contributed by atoms with Gasteiger partial charge in [0.2, 0.25) is 5.95 Å². The van der Waals surface area contributed by atoms with Crippen LogP contribution >= 0.6 is 0 Å². The molecule has 11 heteroatoms. The van der Waals surface area contributed by atoms with Crippen molar-refractivity contribution in [1.82, 2.24) is 23.9 Å². The molecule has 1 N–H and O–H groups in total. The van der Waals surface area contributed by atoms with Crippen LogP contribution in [0.5, 0.6) is 5.75 Å². The third-order valence-corrected chi connectivity index (χ3v) is 8.56. The average molecular weight is 578 g/mol. The van der Waals surface area contributed by atoms with E-state index >= 15 is 0 Å². The summed E-state index contributed by atoms with van der Waals surface area (Å²) in [6, 6.07) is 14.5. The van der Waals surface area contributed by atoms with Crippen LogP contribution < -0.4 is 20.5 Å². The second-order valence-corrected chi connectivity index (χ2v) is 11.2. The normalized spacial score (nSPS) is 18.1. The number of hydrogen-bond acceptors (Lipinski definition) is 7. The summed E-state index contributed by atoms with van der Waals surface area (Å²) in [4.78, 5) is 37.5. The minimum Gasteiger partial charge on any atom is -0.482 e. The van der Waals surface area contributed by atoms with Crippen molar-refractivity contribution in [3.05, 3.63) is 77.4 Å². The SMILES string of the molecule is O=C1COc2ccc3cc2N1CCC/C=C\Cn1c(=O)c2cnc(Nc4ccc5c(ccn5C5CCOCC5)c4)nc2n1-3. The molecule has 2 bridgehead atoms. The van der Waals surface area contributed by atoms with E-state index in [4.69, 9.17) is 14.5 Å². The predicted molar refractivity (Wildman–Crippen MR) is 164 cm³/mol. The number of carbonyl (C=O) groups is 1. The summed E-state index contributed by atoms with van der Waals surface area (Å²) >= 11 is 0. The van der Waals surface area contributed by atoms with Crippen molar-refractivity contribution in [2.75, 3.05) is 36.6 Å². The molecule has 0 spiro atoms. The van der Waals surface area contributed by atoms with Gasteiger partial charge in [0.1, 0.15) is 11.1 Å². The van der Waals surface area contributed by atoms with Crippen LogP contribution in [0.2, 0.25) is 0 Å². The number of anilines is 3. The molecule has 1 amide bonds. The number of fused-ring (bicyclic) bond motifs is 6. The number of benzene rings is 2. The monoisotopic (exact) mass is 577 g/mol. The lowest BCUT2D eigenvalue weighted by Crippen LogP contribution is -2.39. The van der Waals surface area contributed by atoms with Gasteiger partial charge in [-0.2, -0.15) is 4.98 Å².